The second-order valence-corrected chi connectivity index (χ2v) is 3.29. The standard InChI is InChI=1S/C12H12N2O3/c1-2-16-12(15)8-17-11-7-13-9-5-3-4-6-10(9)14-11/h3-7H,2,8H2,1H3. The fourth-order valence-electron chi connectivity index (χ4n) is 1.35. The molecule has 0 radical (unpaired) electrons. The first-order valence-corrected chi connectivity index (χ1v) is 5.30. The van der Waals surface area contributed by atoms with Crippen LogP contribution in [-0.4, -0.2) is 29.2 Å². The Morgan fingerprint density at radius 3 is 2.82 bits per heavy atom. The Balaban J connectivity index is 2.06. The van der Waals surface area contributed by atoms with Crippen molar-refractivity contribution < 1.29 is 14.3 Å². The van der Waals surface area contributed by atoms with Gasteiger partial charge in [-0.3, -0.25) is 0 Å². The highest BCUT2D eigenvalue weighted by Crippen LogP contribution is 2.12. The van der Waals surface area contributed by atoms with Gasteiger partial charge >= 0.3 is 5.97 Å². The summed E-state index contributed by atoms with van der Waals surface area (Å²) in [5.74, 6) is -0.0980. The van der Waals surface area contributed by atoms with Crippen molar-refractivity contribution >= 4 is 17.0 Å². The second kappa shape index (κ2) is 5.25. The van der Waals surface area contributed by atoms with E-state index in [9.17, 15) is 4.79 Å². The molecule has 5 nitrogen and oxygen atoms in total. The van der Waals surface area contributed by atoms with Crippen LogP contribution in [0.1, 0.15) is 6.92 Å². The lowest BCUT2D eigenvalue weighted by Crippen LogP contribution is -2.15. The maximum Gasteiger partial charge on any atom is 0.344 e. The Morgan fingerprint density at radius 2 is 2.06 bits per heavy atom. The molecule has 0 amide bonds. The van der Waals surface area contributed by atoms with Crippen LogP contribution in [0.25, 0.3) is 11.0 Å². The van der Waals surface area contributed by atoms with Crippen LogP contribution in [0.15, 0.2) is 30.5 Å². The average Bonchev–Trinajstić information content (AvgIpc) is 2.36. The van der Waals surface area contributed by atoms with E-state index in [2.05, 4.69) is 9.97 Å². The highest BCUT2D eigenvalue weighted by molar-refractivity contribution is 5.74. The molecule has 88 valence electrons. The van der Waals surface area contributed by atoms with Gasteiger partial charge in [-0.2, -0.15) is 0 Å². The third kappa shape index (κ3) is 2.90. The normalized spacial score (nSPS) is 10.2. The number of ether oxygens (including phenoxy) is 2. The molecular weight excluding hydrogens is 220 g/mol. The third-order valence-corrected chi connectivity index (χ3v) is 2.07. The monoisotopic (exact) mass is 232 g/mol. The lowest BCUT2D eigenvalue weighted by Gasteiger charge is -2.05. The number of esters is 1. The SMILES string of the molecule is CCOC(=O)COc1cnc2ccccc2n1. The molecule has 5 heteroatoms. The van der Waals surface area contributed by atoms with E-state index < -0.39 is 5.97 Å². The summed E-state index contributed by atoms with van der Waals surface area (Å²) in [5, 5.41) is 0. The van der Waals surface area contributed by atoms with Crippen molar-refractivity contribution in [3.05, 3.63) is 30.5 Å². The van der Waals surface area contributed by atoms with Gasteiger partial charge in [-0.25, -0.2) is 14.8 Å². The van der Waals surface area contributed by atoms with Gasteiger partial charge in [0, 0.05) is 0 Å². The molecule has 0 saturated carbocycles. The molecule has 0 bridgehead atoms. The molecule has 0 aliphatic rings. The molecular formula is C12H12N2O3. The summed E-state index contributed by atoms with van der Waals surface area (Å²) in [4.78, 5) is 19.5. The van der Waals surface area contributed by atoms with Crippen LogP contribution in [0, 0.1) is 0 Å². The predicted molar refractivity (Wildman–Crippen MR) is 61.7 cm³/mol. The van der Waals surface area contributed by atoms with Gasteiger partial charge in [0.2, 0.25) is 5.88 Å². The minimum atomic E-state index is -0.414. The van der Waals surface area contributed by atoms with E-state index in [1.165, 1.54) is 6.20 Å². The van der Waals surface area contributed by atoms with Crippen LogP contribution in [0.2, 0.25) is 0 Å². The molecule has 0 unspecified atom stereocenters. The second-order valence-electron chi connectivity index (χ2n) is 3.29. The molecule has 0 saturated heterocycles. The van der Waals surface area contributed by atoms with Crippen molar-refractivity contribution in [2.75, 3.05) is 13.2 Å². The highest BCUT2D eigenvalue weighted by atomic mass is 16.6. The Kier molecular flexibility index (Phi) is 3.49. The summed E-state index contributed by atoms with van der Waals surface area (Å²) in [6.45, 7) is 1.93. The maximum atomic E-state index is 11.1. The summed E-state index contributed by atoms with van der Waals surface area (Å²) in [5.41, 5.74) is 1.52. The fourth-order valence-corrected chi connectivity index (χ4v) is 1.35. The number of benzene rings is 1. The van der Waals surface area contributed by atoms with Gasteiger partial charge < -0.3 is 9.47 Å². The molecule has 0 N–H and O–H groups in total. The zero-order chi connectivity index (χ0) is 12.1. The lowest BCUT2D eigenvalue weighted by atomic mass is 10.3. The van der Waals surface area contributed by atoms with Crippen molar-refractivity contribution in [2.24, 2.45) is 0 Å². The summed E-state index contributed by atoms with van der Waals surface area (Å²) < 4.78 is 9.92. The molecule has 1 heterocycles. The molecule has 0 aliphatic heterocycles. The molecule has 0 aliphatic carbocycles. The van der Waals surface area contributed by atoms with Gasteiger partial charge in [0.25, 0.3) is 0 Å². The minimum absolute atomic E-state index is 0.152. The largest absolute Gasteiger partial charge is 0.465 e. The molecule has 1 aromatic heterocycles. The quantitative estimate of drug-likeness (QED) is 0.749. The number of carbonyl (C=O) groups is 1. The van der Waals surface area contributed by atoms with Crippen LogP contribution in [0.5, 0.6) is 5.88 Å². The molecule has 0 atom stereocenters. The van der Waals surface area contributed by atoms with Gasteiger partial charge in [0.1, 0.15) is 0 Å². The zero-order valence-electron chi connectivity index (χ0n) is 9.42. The molecule has 0 spiro atoms. The summed E-state index contributed by atoms with van der Waals surface area (Å²) in [6.07, 6.45) is 1.49. The first-order valence-electron chi connectivity index (χ1n) is 5.30. The first kappa shape index (κ1) is 11.3. The molecule has 17 heavy (non-hydrogen) atoms. The average molecular weight is 232 g/mol. The van der Waals surface area contributed by atoms with Crippen LogP contribution in [-0.2, 0) is 9.53 Å². The van der Waals surface area contributed by atoms with E-state index in [1.54, 1.807) is 6.92 Å². The number of carbonyl (C=O) groups excluding carboxylic acids is 1. The fraction of sp³-hybridized carbons (Fsp3) is 0.250. The number of hydrogen-bond donors (Lipinski definition) is 0. The van der Waals surface area contributed by atoms with Crippen LogP contribution in [0.3, 0.4) is 0 Å². The number of rotatable bonds is 4. The van der Waals surface area contributed by atoms with E-state index in [0.29, 0.717) is 12.5 Å². The Hall–Kier alpha value is -2.17. The zero-order valence-corrected chi connectivity index (χ0v) is 9.42. The predicted octanol–water partition coefficient (Wildman–Crippen LogP) is 1.57. The summed E-state index contributed by atoms with van der Waals surface area (Å²) >= 11 is 0. The number of aromatic nitrogens is 2. The molecule has 1 aromatic carbocycles. The smallest absolute Gasteiger partial charge is 0.344 e. The topological polar surface area (TPSA) is 61.3 Å². The van der Waals surface area contributed by atoms with Crippen molar-refractivity contribution in [1.82, 2.24) is 9.97 Å². The number of para-hydroxylation sites is 2. The van der Waals surface area contributed by atoms with Crippen molar-refractivity contribution in [1.29, 1.82) is 0 Å². The van der Waals surface area contributed by atoms with Gasteiger partial charge in [-0.15, -0.1) is 0 Å². The summed E-state index contributed by atoms with van der Waals surface area (Å²) in [7, 11) is 0. The lowest BCUT2D eigenvalue weighted by molar-refractivity contribution is -0.145. The Bertz CT molecular complexity index is 528. The van der Waals surface area contributed by atoms with Crippen molar-refractivity contribution in [3.63, 3.8) is 0 Å². The van der Waals surface area contributed by atoms with Crippen molar-refractivity contribution in [2.45, 2.75) is 6.92 Å². The summed E-state index contributed by atoms with van der Waals surface area (Å²) in [6, 6.07) is 7.44. The minimum Gasteiger partial charge on any atom is -0.465 e. The van der Waals surface area contributed by atoms with Gasteiger partial charge in [0.05, 0.1) is 23.8 Å². The molecule has 2 rings (SSSR count). The van der Waals surface area contributed by atoms with Crippen LogP contribution >= 0.6 is 0 Å². The number of nitrogens with zero attached hydrogens (tertiary/aromatic N) is 2. The molecule has 0 fully saturated rings. The van der Waals surface area contributed by atoms with E-state index in [4.69, 9.17) is 9.47 Å². The van der Waals surface area contributed by atoms with Gasteiger partial charge in [0.15, 0.2) is 6.61 Å². The molecule has 2 aromatic rings. The van der Waals surface area contributed by atoms with Crippen LogP contribution < -0.4 is 4.74 Å². The van der Waals surface area contributed by atoms with Crippen molar-refractivity contribution in [3.8, 4) is 5.88 Å². The maximum absolute atomic E-state index is 11.1. The van der Waals surface area contributed by atoms with E-state index in [1.807, 2.05) is 24.3 Å². The number of hydrogen-bond acceptors (Lipinski definition) is 5. The Morgan fingerprint density at radius 1 is 1.29 bits per heavy atom. The Labute approximate surface area is 98.4 Å². The highest BCUT2D eigenvalue weighted by Gasteiger charge is 2.05. The first-order chi connectivity index (χ1) is 8.29. The van der Waals surface area contributed by atoms with E-state index >= 15 is 0 Å². The van der Waals surface area contributed by atoms with Gasteiger partial charge in [-0.1, -0.05) is 12.1 Å². The van der Waals surface area contributed by atoms with E-state index in [0.717, 1.165) is 11.0 Å². The third-order valence-electron chi connectivity index (χ3n) is 2.07. The van der Waals surface area contributed by atoms with Gasteiger partial charge in [-0.05, 0) is 19.1 Å². The number of fused-ring (bicyclic) bond motifs is 1. The van der Waals surface area contributed by atoms with E-state index in [-0.39, 0.29) is 6.61 Å². The van der Waals surface area contributed by atoms with Crippen LogP contribution in [0.4, 0.5) is 0 Å².